The first-order chi connectivity index (χ1) is 9.72. The molecule has 0 radical (unpaired) electrons. The summed E-state index contributed by atoms with van der Waals surface area (Å²) in [4.78, 5) is 12.8. The summed E-state index contributed by atoms with van der Waals surface area (Å²) in [7, 11) is 0. The number of aliphatic hydroxyl groups is 1. The lowest BCUT2D eigenvalue weighted by Crippen LogP contribution is -2.54. The summed E-state index contributed by atoms with van der Waals surface area (Å²) >= 11 is 0. The molecular formula is C16H30N2O2. The van der Waals surface area contributed by atoms with Crippen molar-refractivity contribution in [2.45, 2.75) is 64.3 Å². The fourth-order valence-electron chi connectivity index (χ4n) is 3.90. The van der Waals surface area contributed by atoms with Gasteiger partial charge in [-0.2, -0.15) is 0 Å². The number of piperidine rings is 1. The Morgan fingerprint density at radius 2 is 2.15 bits per heavy atom. The summed E-state index contributed by atoms with van der Waals surface area (Å²) in [5.74, 6) is 0.472. The van der Waals surface area contributed by atoms with Crippen LogP contribution in [0.5, 0.6) is 0 Å². The lowest BCUT2D eigenvalue weighted by molar-refractivity contribution is -0.134. The third-order valence-corrected chi connectivity index (χ3v) is 5.14. The van der Waals surface area contributed by atoms with Crippen LogP contribution in [-0.4, -0.2) is 36.8 Å². The molecule has 4 heteroatoms. The van der Waals surface area contributed by atoms with Crippen LogP contribution in [0.25, 0.3) is 0 Å². The van der Waals surface area contributed by atoms with Crippen molar-refractivity contribution in [3.05, 3.63) is 0 Å². The van der Waals surface area contributed by atoms with Gasteiger partial charge < -0.3 is 15.7 Å². The number of hydrogen-bond donors (Lipinski definition) is 3. The topological polar surface area (TPSA) is 61.4 Å². The van der Waals surface area contributed by atoms with Crippen LogP contribution in [-0.2, 0) is 4.79 Å². The van der Waals surface area contributed by atoms with Gasteiger partial charge in [-0.05, 0) is 38.6 Å². The van der Waals surface area contributed by atoms with Gasteiger partial charge in [0.25, 0.3) is 0 Å². The summed E-state index contributed by atoms with van der Waals surface area (Å²) in [6.45, 7) is 4.19. The molecule has 1 amide bonds. The molecule has 3 N–H and O–H groups in total. The molecule has 4 nitrogen and oxygen atoms in total. The number of nitrogens with one attached hydrogen (secondary N) is 2. The van der Waals surface area contributed by atoms with Crippen molar-refractivity contribution in [2.75, 3.05) is 19.7 Å². The molecule has 1 aliphatic carbocycles. The van der Waals surface area contributed by atoms with Gasteiger partial charge in [-0.3, -0.25) is 4.79 Å². The van der Waals surface area contributed by atoms with Crippen LogP contribution in [0.4, 0.5) is 0 Å². The minimum atomic E-state index is -0.218. The van der Waals surface area contributed by atoms with Gasteiger partial charge in [0, 0.05) is 25.1 Å². The Hall–Kier alpha value is -0.610. The minimum Gasteiger partial charge on any atom is -0.396 e. The highest BCUT2D eigenvalue weighted by Gasteiger charge is 2.40. The average molecular weight is 282 g/mol. The van der Waals surface area contributed by atoms with Crippen LogP contribution in [0.3, 0.4) is 0 Å². The van der Waals surface area contributed by atoms with Gasteiger partial charge in [0.15, 0.2) is 0 Å². The van der Waals surface area contributed by atoms with Gasteiger partial charge in [0.1, 0.15) is 0 Å². The first kappa shape index (κ1) is 15.8. The summed E-state index contributed by atoms with van der Waals surface area (Å²) in [6.07, 6.45) is 8.50. The Morgan fingerprint density at radius 1 is 1.35 bits per heavy atom. The predicted octanol–water partition coefficient (Wildman–Crippen LogP) is 1.82. The highest BCUT2D eigenvalue weighted by molar-refractivity contribution is 5.83. The zero-order valence-corrected chi connectivity index (χ0v) is 12.8. The van der Waals surface area contributed by atoms with E-state index in [0.717, 1.165) is 51.6 Å². The smallest absolute Gasteiger partial charge is 0.227 e. The summed E-state index contributed by atoms with van der Waals surface area (Å²) < 4.78 is 0. The van der Waals surface area contributed by atoms with Crippen molar-refractivity contribution >= 4 is 5.91 Å². The van der Waals surface area contributed by atoms with Gasteiger partial charge in [0.2, 0.25) is 5.91 Å². The monoisotopic (exact) mass is 282 g/mol. The van der Waals surface area contributed by atoms with E-state index in [4.69, 9.17) is 0 Å². The maximum absolute atomic E-state index is 12.8. The van der Waals surface area contributed by atoms with E-state index in [-0.39, 0.29) is 29.9 Å². The van der Waals surface area contributed by atoms with Crippen LogP contribution in [0.1, 0.15) is 58.3 Å². The lowest BCUT2D eigenvalue weighted by atomic mass is 9.75. The van der Waals surface area contributed by atoms with Crippen molar-refractivity contribution in [1.29, 1.82) is 0 Å². The molecule has 3 atom stereocenters. The molecule has 2 aliphatic rings. The van der Waals surface area contributed by atoms with Crippen LogP contribution in [0, 0.1) is 11.3 Å². The van der Waals surface area contributed by atoms with Crippen molar-refractivity contribution in [2.24, 2.45) is 11.3 Å². The SMILES string of the molecule is CCCC1(C(=O)NC2CCCCC2CO)CCCNC1. The van der Waals surface area contributed by atoms with E-state index in [1.807, 2.05) is 0 Å². The molecule has 0 aromatic carbocycles. The maximum Gasteiger partial charge on any atom is 0.227 e. The second-order valence-corrected chi connectivity index (χ2v) is 6.62. The number of rotatable bonds is 5. The molecule has 1 saturated carbocycles. The third-order valence-electron chi connectivity index (χ3n) is 5.14. The molecule has 0 aromatic rings. The third kappa shape index (κ3) is 3.53. The first-order valence-corrected chi connectivity index (χ1v) is 8.34. The fourth-order valence-corrected chi connectivity index (χ4v) is 3.90. The fraction of sp³-hybridized carbons (Fsp3) is 0.938. The molecule has 0 spiro atoms. The quantitative estimate of drug-likeness (QED) is 0.721. The summed E-state index contributed by atoms with van der Waals surface area (Å²) in [5.41, 5.74) is -0.218. The standard InChI is InChI=1S/C16H30N2O2/c1-2-8-16(9-5-10-17-12-16)15(20)18-14-7-4-3-6-13(14)11-19/h13-14,17,19H,2-12H2,1H3,(H,18,20). The molecule has 2 rings (SSSR count). The number of carbonyl (C=O) groups is 1. The maximum atomic E-state index is 12.8. The number of carbonyl (C=O) groups excluding carboxylic acids is 1. The summed E-state index contributed by atoms with van der Waals surface area (Å²) in [6, 6.07) is 0.178. The molecule has 1 aliphatic heterocycles. The minimum absolute atomic E-state index is 0.178. The normalized spacial score (nSPS) is 34.7. The van der Waals surface area contributed by atoms with E-state index in [2.05, 4.69) is 17.6 Å². The van der Waals surface area contributed by atoms with Crippen molar-refractivity contribution in [3.8, 4) is 0 Å². The molecule has 0 bridgehead atoms. The Labute approximate surface area is 122 Å². The molecule has 3 unspecified atom stereocenters. The Kier molecular flexibility index (Phi) is 5.85. The van der Waals surface area contributed by atoms with Gasteiger partial charge in [-0.15, -0.1) is 0 Å². The molecule has 20 heavy (non-hydrogen) atoms. The second kappa shape index (κ2) is 7.41. The Balaban J connectivity index is 2.00. The van der Waals surface area contributed by atoms with Crippen LogP contribution in [0.2, 0.25) is 0 Å². The summed E-state index contributed by atoms with van der Waals surface area (Å²) in [5, 5.41) is 16.2. The lowest BCUT2D eigenvalue weighted by Gasteiger charge is -2.39. The van der Waals surface area contributed by atoms with E-state index in [1.54, 1.807) is 0 Å². The second-order valence-electron chi connectivity index (χ2n) is 6.62. The Bertz CT molecular complexity index is 308. The molecular weight excluding hydrogens is 252 g/mol. The van der Waals surface area contributed by atoms with Crippen molar-refractivity contribution < 1.29 is 9.90 Å². The zero-order chi connectivity index (χ0) is 14.4. The Morgan fingerprint density at radius 3 is 2.80 bits per heavy atom. The number of hydrogen-bond acceptors (Lipinski definition) is 3. The predicted molar refractivity (Wildman–Crippen MR) is 80.4 cm³/mol. The molecule has 0 aromatic heterocycles. The molecule has 116 valence electrons. The largest absolute Gasteiger partial charge is 0.396 e. The molecule has 2 fully saturated rings. The van der Waals surface area contributed by atoms with Gasteiger partial charge >= 0.3 is 0 Å². The van der Waals surface area contributed by atoms with Gasteiger partial charge in [-0.25, -0.2) is 0 Å². The first-order valence-electron chi connectivity index (χ1n) is 8.34. The van der Waals surface area contributed by atoms with E-state index < -0.39 is 0 Å². The van der Waals surface area contributed by atoms with E-state index >= 15 is 0 Å². The highest BCUT2D eigenvalue weighted by Crippen LogP contribution is 2.33. The van der Waals surface area contributed by atoms with Gasteiger partial charge in [-0.1, -0.05) is 26.2 Å². The van der Waals surface area contributed by atoms with E-state index in [0.29, 0.717) is 0 Å². The van der Waals surface area contributed by atoms with Gasteiger partial charge in [0.05, 0.1) is 5.41 Å². The highest BCUT2D eigenvalue weighted by atomic mass is 16.3. The van der Waals surface area contributed by atoms with E-state index in [1.165, 1.54) is 12.8 Å². The zero-order valence-electron chi connectivity index (χ0n) is 12.8. The van der Waals surface area contributed by atoms with Crippen molar-refractivity contribution in [1.82, 2.24) is 10.6 Å². The number of aliphatic hydroxyl groups excluding tert-OH is 1. The van der Waals surface area contributed by atoms with Crippen molar-refractivity contribution in [3.63, 3.8) is 0 Å². The molecule has 1 heterocycles. The molecule has 1 saturated heterocycles. The van der Waals surface area contributed by atoms with Crippen LogP contribution >= 0.6 is 0 Å². The van der Waals surface area contributed by atoms with E-state index in [9.17, 15) is 9.90 Å². The van der Waals surface area contributed by atoms with Crippen LogP contribution < -0.4 is 10.6 Å². The van der Waals surface area contributed by atoms with Crippen LogP contribution in [0.15, 0.2) is 0 Å². The average Bonchev–Trinajstić information content (AvgIpc) is 2.49. The number of amides is 1.